The van der Waals surface area contributed by atoms with Crippen LogP contribution in [0.4, 0.5) is 0 Å². The van der Waals surface area contributed by atoms with Gasteiger partial charge in [0.2, 0.25) is 0 Å². The van der Waals surface area contributed by atoms with Gasteiger partial charge < -0.3 is 0 Å². The molecule has 0 amide bonds. The largest absolute Gasteiger partial charge is 0.208 e. The lowest BCUT2D eigenvalue weighted by Crippen LogP contribution is -2.00. The molecular formula is C50H30N4. The first-order chi connectivity index (χ1) is 26.7. The summed E-state index contributed by atoms with van der Waals surface area (Å²) in [6, 6.07) is 65.5. The maximum Gasteiger partial charge on any atom is 0.164 e. The van der Waals surface area contributed by atoms with Crippen molar-refractivity contribution in [2.24, 2.45) is 0 Å². The molecule has 0 aliphatic carbocycles. The fourth-order valence-electron chi connectivity index (χ4n) is 7.68. The Morgan fingerprint density at radius 1 is 0.315 bits per heavy atom. The summed E-state index contributed by atoms with van der Waals surface area (Å²) in [6.45, 7) is 0. The Labute approximate surface area is 312 Å². The van der Waals surface area contributed by atoms with Gasteiger partial charge in [-0.1, -0.05) is 146 Å². The van der Waals surface area contributed by atoms with E-state index in [0.29, 0.717) is 23.0 Å². The molecule has 10 aromatic rings. The predicted molar refractivity (Wildman–Crippen MR) is 222 cm³/mol. The van der Waals surface area contributed by atoms with Gasteiger partial charge in [-0.3, -0.25) is 0 Å². The van der Waals surface area contributed by atoms with E-state index >= 15 is 0 Å². The van der Waals surface area contributed by atoms with E-state index in [9.17, 15) is 5.26 Å². The van der Waals surface area contributed by atoms with Crippen LogP contribution in [0.25, 0.3) is 99.5 Å². The minimum absolute atomic E-state index is 0.629. The summed E-state index contributed by atoms with van der Waals surface area (Å²) >= 11 is 0. The lowest BCUT2D eigenvalue weighted by atomic mass is 9.87. The van der Waals surface area contributed by atoms with Crippen molar-refractivity contribution >= 4 is 43.1 Å². The van der Waals surface area contributed by atoms with Crippen LogP contribution in [0.15, 0.2) is 182 Å². The quantitative estimate of drug-likeness (QED) is 0.169. The molecule has 0 aliphatic rings. The maximum absolute atomic E-state index is 9.43. The third-order valence-electron chi connectivity index (χ3n) is 10.3. The molecule has 0 radical (unpaired) electrons. The summed E-state index contributed by atoms with van der Waals surface area (Å²) in [6.07, 6.45) is 0. The molecule has 0 unspecified atom stereocenters. The van der Waals surface area contributed by atoms with Gasteiger partial charge in [0.05, 0.1) is 11.6 Å². The molecule has 4 heteroatoms. The van der Waals surface area contributed by atoms with Crippen molar-refractivity contribution in [3.63, 3.8) is 0 Å². The predicted octanol–water partition coefficient (Wildman–Crippen LogP) is 12.7. The van der Waals surface area contributed by atoms with Crippen LogP contribution in [-0.4, -0.2) is 15.0 Å². The van der Waals surface area contributed by atoms with Gasteiger partial charge >= 0.3 is 0 Å². The van der Waals surface area contributed by atoms with Gasteiger partial charge in [-0.15, -0.1) is 0 Å². The van der Waals surface area contributed by atoms with E-state index in [1.165, 1.54) is 37.9 Å². The molecule has 1 aromatic heterocycles. The van der Waals surface area contributed by atoms with E-state index in [1.54, 1.807) is 0 Å². The number of aromatic nitrogens is 3. The highest BCUT2D eigenvalue weighted by atomic mass is 15.0. The summed E-state index contributed by atoms with van der Waals surface area (Å²) < 4.78 is 0. The molecule has 0 saturated heterocycles. The lowest BCUT2D eigenvalue weighted by molar-refractivity contribution is 1.07. The first-order valence-corrected chi connectivity index (χ1v) is 18.0. The van der Waals surface area contributed by atoms with Crippen molar-refractivity contribution in [1.29, 1.82) is 5.26 Å². The van der Waals surface area contributed by atoms with Gasteiger partial charge in [0.25, 0.3) is 0 Å². The van der Waals surface area contributed by atoms with Gasteiger partial charge in [0.1, 0.15) is 0 Å². The van der Waals surface area contributed by atoms with E-state index in [4.69, 9.17) is 15.0 Å². The smallest absolute Gasteiger partial charge is 0.164 e. The minimum atomic E-state index is 0.629. The van der Waals surface area contributed by atoms with Crippen LogP contribution in [0, 0.1) is 11.3 Å². The second kappa shape index (κ2) is 12.9. The summed E-state index contributed by atoms with van der Waals surface area (Å²) in [5.41, 5.74) is 8.05. The highest BCUT2D eigenvalue weighted by molar-refractivity contribution is 6.24. The number of fused-ring (bicyclic) bond motifs is 6. The molecule has 0 saturated carbocycles. The molecule has 0 atom stereocenters. The molecule has 9 aromatic carbocycles. The van der Waals surface area contributed by atoms with E-state index in [2.05, 4.69) is 109 Å². The average molecular weight is 687 g/mol. The number of benzene rings is 9. The van der Waals surface area contributed by atoms with Crippen LogP contribution in [0.1, 0.15) is 5.56 Å². The molecular weight excluding hydrogens is 657 g/mol. The monoisotopic (exact) mass is 686 g/mol. The summed E-state index contributed by atoms with van der Waals surface area (Å²) in [4.78, 5) is 14.9. The van der Waals surface area contributed by atoms with Gasteiger partial charge in [-0.05, 0) is 102 Å². The molecule has 1 heterocycles. The van der Waals surface area contributed by atoms with Crippen LogP contribution < -0.4 is 0 Å². The second-order valence-corrected chi connectivity index (χ2v) is 13.5. The Hall–Kier alpha value is -7.48. The number of hydrogen-bond acceptors (Lipinski definition) is 4. The molecule has 0 fully saturated rings. The third kappa shape index (κ3) is 5.44. The lowest BCUT2D eigenvalue weighted by Gasteiger charge is -2.17. The topological polar surface area (TPSA) is 62.5 Å². The molecule has 0 aliphatic heterocycles. The number of hydrogen-bond donors (Lipinski definition) is 0. The molecule has 4 nitrogen and oxygen atoms in total. The summed E-state index contributed by atoms with van der Waals surface area (Å²) in [5.74, 6) is 1.91. The summed E-state index contributed by atoms with van der Waals surface area (Å²) in [7, 11) is 0. The van der Waals surface area contributed by atoms with E-state index < -0.39 is 0 Å². The second-order valence-electron chi connectivity index (χ2n) is 13.5. The van der Waals surface area contributed by atoms with Gasteiger partial charge in [-0.2, -0.15) is 5.26 Å². The van der Waals surface area contributed by atoms with Gasteiger partial charge in [-0.25, -0.2) is 15.0 Å². The SMILES string of the molecule is N#Cc1ccc2cc(-c3cc4c5ccccc5c(-c5cccc(-c6nc(-c7ccccc7)nc(-c7ccccc7)n6)c5)cc4c4ccccc34)ccc2c1. The van der Waals surface area contributed by atoms with E-state index in [0.717, 1.165) is 44.2 Å². The van der Waals surface area contributed by atoms with Crippen molar-refractivity contribution in [1.82, 2.24) is 15.0 Å². The third-order valence-corrected chi connectivity index (χ3v) is 10.3. The normalized spacial score (nSPS) is 11.3. The zero-order valence-electron chi connectivity index (χ0n) is 29.1. The van der Waals surface area contributed by atoms with Crippen molar-refractivity contribution in [2.75, 3.05) is 0 Å². The van der Waals surface area contributed by atoms with Crippen LogP contribution in [0.5, 0.6) is 0 Å². The van der Waals surface area contributed by atoms with Crippen LogP contribution >= 0.6 is 0 Å². The van der Waals surface area contributed by atoms with Gasteiger partial charge in [0, 0.05) is 16.7 Å². The molecule has 0 spiro atoms. The highest BCUT2D eigenvalue weighted by Gasteiger charge is 2.17. The van der Waals surface area contributed by atoms with Crippen LogP contribution in [0.2, 0.25) is 0 Å². The molecule has 54 heavy (non-hydrogen) atoms. The van der Waals surface area contributed by atoms with Crippen LogP contribution in [-0.2, 0) is 0 Å². The summed E-state index contributed by atoms with van der Waals surface area (Å²) in [5, 5.41) is 18.8. The minimum Gasteiger partial charge on any atom is -0.208 e. The first kappa shape index (κ1) is 31.3. The number of rotatable bonds is 5. The Balaban J connectivity index is 1.16. The molecule has 10 rings (SSSR count). The van der Waals surface area contributed by atoms with E-state index in [1.807, 2.05) is 78.9 Å². The maximum atomic E-state index is 9.43. The number of nitrogens with zero attached hydrogens (tertiary/aromatic N) is 4. The average Bonchev–Trinajstić information content (AvgIpc) is 3.26. The van der Waals surface area contributed by atoms with Crippen molar-refractivity contribution in [2.45, 2.75) is 0 Å². The van der Waals surface area contributed by atoms with Gasteiger partial charge in [0.15, 0.2) is 17.5 Å². The molecule has 0 N–H and O–H groups in total. The van der Waals surface area contributed by atoms with Crippen molar-refractivity contribution in [3.8, 4) is 62.5 Å². The highest BCUT2D eigenvalue weighted by Crippen LogP contribution is 2.42. The fourth-order valence-corrected chi connectivity index (χ4v) is 7.68. The zero-order valence-corrected chi connectivity index (χ0v) is 29.1. The van der Waals surface area contributed by atoms with Crippen molar-refractivity contribution in [3.05, 3.63) is 188 Å². The Kier molecular flexibility index (Phi) is 7.49. The number of nitriles is 1. The standard InChI is InChI=1S/C50H30N4/c51-31-32-22-23-36-27-38(25-24-35(36)26-32)45-30-47-42-20-9-7-18-40(42)44(29-46(47)43-21-10-8-19-41(43)45)37-16-11-17-39(28-37)50-53-48(33-12-3-1-4-13-33)52-49(54-50)34-14-5-2-6-15-34/h1-30H. The zero-order chi connectivity index (χ0) is 36.0. The Morgan fingerprint density at radius 3 is 1.33 bits per heavy atom. The molecule has 0 bridgehead atoms. The Morgan fingerprint density at radius 2 is 0.759 bits per heavy atom. The fraction of sp³-hybridized carbons (Fsp3) is 0. The first-order valence-electron chi connectivity index (χ1n) is 18.0. The van der Waals surface area contributed by atoms with E-state index in [-0.39, 0.29) is 0 Å². The van der Waals surface area contributed by atoms with Crippen molar-refractivity contribution < 1.29 is 0 Å². The van der Waals surface area contributed by atoms with Crippen LogP contribution in [0.3, 0.4) is 0 Å². The molecule has 250 valence electrons. The Bertz CT molecular complexity index is 3050.